The number of anilines is 3. The number of nitrogens with one attached hydrogen (secondary N) is 2. The summed E-state index contributed by atoms with van der Waals surface area (Å²) in [4.78, 5) is 25.8. The van der Waals surface area contributed by atoms with Crippen molar-refractivity contribution < 1.29 is 14.0 Å². The molecule has 2 aliphatic heterocycles. The Bertz CT molecular complexity index is 1010. The van der Waals surface area contributed by atoms with Crippen molar-refractivity contribution >= 4 is 34.4 Å². The first-order chi connectivity index (χ1) is 13.9. The van der Waals surface area contributed by atoms with Gasteiger partial charge in [-0.1, -0.05) is 0 Å². The van der Waals surface area contributed by atoms with E-state index in [9.17, 15) is 14.0 Å². The van der Waals surface area contributed by atoms with Crippen molar-refractivity contribution in [1.82, 2.24) is 0 Å². The Balaban J connectivity index is 1.48. The highest BCUT2D eigenvalue weighted by Gasteiger charge is 2.25. The first-order valence-corrected chi connectivity index (χ1v) is 9.65. The molecule has 6 nitrogen and oxygen atoms in total. The highest BCUT2D eigenvalue weighted by Crippen LogP contribution is 2.33. The number of carbonyl (C=O) groups is 2. The first kappa shape index (κ1) is 19.0. The quantitative estimate of drug-likeness (QED) is 0.695. The van der Waals surface area contributed by atoms with Gasteiger partial charge >= 0.3 is 0 Å². The van der Waals surface area contributed by atoms with Crippen LogP contribution in [0.4, 0.5) is 21.5 Å². The van der Waals surface area contributed by atoms with Crippen LogP contribution in [0.2, 0.25) is 0 Å². The molecular weight excluding hydrogens is 371 g/mol. The standard InChI is InChI=1S/C22H23FN4O2/c1-13-10-16(3-5-20(13)27-8-6-14(7-9-27)21(24)28)25-12-18-17-4-2-15(23)11-19(17)26-22(18)29/h2-5,10-12,14,25H,6-9H2,1H3,(H2,24,28)(H,26,29)/b18-12-. The molecule has 0 aromatic heterocycles. The van der Waals surface area contributed by atoms with E-state index in [0.717, 1.165) is 42.9 Å². The summed E-state index contributed by atoms with van der Waals surface area (Å²) in [6.45, 7) is 3.64. The third-order valence-electron chi connectivity index (χ3n) is 5.58. The summed E-state index contributed by atoms with van der Waals surface area (Å²) < 4.78 is 13.4. The summed E-state index contributed by atoms with van der Waals surface area (Å²) in [5.41, 5.74) is 10.1. The topological polar surface area (TPSA) is 87.5 Å². The van der Waals surface area contributed by atoms with Crippen LogP contribution in [0.3, 0.4) is 0 Å². The number of aryl methyl sites for hydroxylation is 1. The Morgan fingerprint density at radius 2 is 2.00 bits per heavy atom. The number of halogens is 1. The molecule has 0 radical (unpaired) electrons. The van der Waals surface area contributed by atoms with E-state index in [0.29, 0.717) is 16.8 Å². The average molecular weight is 394 g/mol. The molecular formula is C22H23FN4O2. The smallest absolute Gasteiger partial charge is 0.257 e. The summed E-state index contributed by atoms with van der Waals surface area (Å²) in [5.74, 6) is -0.893. The van der Waals surface area contributed by atoms with E-state index in [1.54, 1.807) is 12.3 Å². The van der Waals surface area contributed by atoms with E-state index in [4.69, 9.17) is 5.73 Å². The molecule has 0 saturated carbocycles. The van der Waals surface area contributed by atoms with Crippen molar-refractivity contribution in [3.63, 3.8) is 0 Å². The second-order valence-corrected chi connectivity index (χ2v) is 7.51. The lowest BCUT2D eigenvalue weighted by molar-refractivity contribution is -0.122. The number of nitrogens with two attached hydrogens (primary N) is 1. The van der Waals surface area contributed by atoms with Gasteiger partial charge < -0.3 is 21.3 Å². The normalized spacial score (nSPS) is 17.9. The van der Waals surface area contributed by atoms with Crippen LogP contribution in [0.5, 0.6) is 0 Å². The Morgan fingerprint density at radius 1 is 1.24 bits per heavy atom. The Morgan fingerprint density at radius 3 is 2.69 bits per heavy atom. The summed E-state index contributed by atoms with van der Waals surface area (Å²) in [6.07, 6.45) is 3.19. The van der Waals surface area contributed by atoms with Gasteiger partial charge in [0.05, 0.1) is 11.3 Å². The maximum absolute atomic E-state index is 13.4. The summed E-state index contributed by atoms with van der Waals surface area (Å²) in [6, 6.07) is 10.3. The zero-order valence-electron chi connectivity index (χ0n) is 16.2. The number of fused-ring (bicyclic) bond motifs is 1. The Kier molecular flexibility index (Phi) is 4.96. The van der Waals surface area contributed by atoms with Crippen LogP contribution in [0.25, 0.3) is 5.57 Å². The van der Waals surface area contributed by atoms with Crippen molar-refractivity contribution in [2.45, 2.75) is 19.8 Å². The minimum atomic E-state index is -0.385. The third kappa shape index (κ3) is 3.81. The van der Waals surface area contributed by atoms with E-state index in [-0.39, 0.29) is 23.5 Å². The number of rotatable bonds is 4. The van der Waals surface area contributed by atoms with Gasteiger partial charge in [0.2, 0.25) is 5.91 Å². The molecule has 2 aliphatic rings. The van der Waals surface area contributed by atoms with Crippen molar-refractivity contribution in [2.75, 3.05) is 28.6 Å². The summed E-state index contributed by atoms with van der Waals surface area (Å²) in [7, 11) is 0. The minimum absolute atomic E-state index is 0.0342. The maximum atomic E-state index is 13.4. The fraction of sp³-hybridized carbons (Fsp3) is 0.273. The van der Waals surface area contributed by atoms with E-state index in [1.807, 2.05) is 25.1 Å². The molecule has 0 bridgehead atoms. The van der Waals surface area contributed by atoms with Gasteiger partial charge in [0.25, 0.3) is 5.91 Å². The lowest BCUT2D eigenvalue weighted by Gasteiger charge is -2.33. The second-order valence-electron chi connectivity index (χ2n) is 7.51. The highest BCUT2D eigenvalue weighted by molar-refractivity contribution is 6.31. The van der Waals surface area contributed by atoms with Gasteiger partial charge in [-0.3, -0.25) is 9.59 Å². The van der Waals surface area contributed by atoms with Gasteiger partial charge in [-0.25, -0.2) is 4.39 Å². The SMILES string of the molecule is Cc1cc(N/C=C2\C(=O)Nc3cc(F)ccc32)ccc1N1CCC(C(N)=O)CC1. The fourth-order valence-corrected chi connectivity index (χ4v) is 3.97. The van der Waals surface area contributed by atoms with Crippen molar-refractivity contribution in [3.8, 4) is 0 Å². The summed E-state index contributed by atoms with van der Waals surface area (Å²) >= 11 is 0. The number of hydrogen-bond donors (Lipinski definition) is 3. The van der Waals surface area contributed by atoms with Crippen LogP contribution in [-0.4, -0.2) is 24.9 Å². The monoisotopic (exact) mass is 394 g/mol. The summed E-state index contributed by atoms with van der Waals surface area (Å²) in [5, 5.41) is 5.84. The van der Waals surface area contributed by atoms with Crippen molar-refractivity contribution in [2.24, 2.45) is 11.7 Å². The van der Waals surface area contributed by atoms with Crippen LogP contribution in [0.15, 0.2) is 42.6 Å². The molecule has 7 heteroatoms. The Hall–Kier alpha value is -3.35. The second kappa shape index (κ2) is 7.58. The fourth-order valence-electron chi connectivity index (χ4n) is 3.97. The predicted octanol–water partition coefficient (Wildman–Crippen LogP) is 3.24. The van der Waals surface area contributed by atoms with E-state index >= 15 is 0 Å². The van der Waals surface area contributed by atoms with Gasteiger partial charge in [0.1, 0.15) is 5.82 Å². The number of amides is 2. The predicted molar refractivity (Wildman–Crippen MR) is 112 cm³/mol. The molecule has 4 N–H and O–H groups in total. The number of hydrogen-bond acceptors (Lipinski definition) is 4. The van der Waals surface area contributed by atoms with Gasteiger partial charge in [-0.2, -0.15) is 0 Å². The number of nitrogens with zero attached hydrogens (tertiary/aromatic N) is 1. The van der Waals surface area contributed by atoms with Gasteiger partial charge in [0, 0.05) is 42.1 Å². The zero-order chi connectivity index (χ0) is 20.5. The van der Waals surface area contributed by atoms with E-state index in [2.05, 4.69) is 15.5 Å². The van der Waals surface area contributed by atoms with E-state index in [1.165, 1.54) is 12.1 Å². The Labute approximate surface area is 168 Å². The molecule has 0 spiro atoms. The van der Waals surface area contributed by atoms with Gasteiger partial charge in [-0.15, -0.1) is 0 Å². The third-order valence-corrected chi connectivity index (χ3v) is 5.58. The zero-order valence-corrected chi connectivity index (χ0v) is 16.2. The van der Waals surface area contributed by atoms with Crippen LogP contribution >= 0.6 is 0 Å². The molecule has 2 amide bonds. The number of primary amides is 1. The highest BCUT2D eigenvalue weighted by atomic mass is 19.1. The van der Waals surface area contributed by atoms with Gasteiger partial charge in [-0.05, 0) is 61.7 Å². The molecule has 0 unspecified atom stereocenters. The molecule has 29 heavy (non-hydrogen) atoms. The number of benzene rings is 2. The van der Waals surface area contributed by atoms with Crippen molar-refractivity contribution in [3.05, 3.63) is 59.5 Å². The van der Waals surface area contributed by atoms with E-state index < -0.39 is 0 Å². The molecule has 2 aromatic rings. The largest absolute Gasteiger partial charge is 0.371 e. The number of carbonyl (C=O) groups excluding carboxylic acids is 2. The van der Waals surface area contributed by atoms with Crippen molar-refractivity contribution in [1.29, 1.82) is 0 Å². The lowest BCUT2D eigenvalue weighted by atomic mass is 9.95. The first-order valence-electron chi connectivity index (χ1n) is 9.65. The molecule has 1 saturated heterocycles. The van der Waals surface area contributed by atoms with Gasteiger partial charge in [0.15, 0.2) is 0 Å². The molecule has 0 aliphatic carbocycles. The molecule has 150 valence electrons. The molecule has 1 fully saturated rings. The molecule has 2 aromatic carbocycles. The molecule has 0 atom stereocenters. The lowest BCUT2D eigenvalue weighted by Crippen LogP contribution is -2.38. The minimum Gasteiger partial charge on any atom is -0.371 e. The molecule has 4 rings (SSSR count). The maximum Gasteiger partial charge on any atom is 0.257 e. The molecule has 2 heterocycles. The van der Waals surface area contributed by atoms with Crippen LogP contribution in [0, 0.1) is 18.7 Å². The number of piperidine rings is 1. The average Bonchev–Trinajstić information content (AvgIpc) is 3.00. The van der Waals surface area contributed by atoms with Crippen LogP contribution < -0.4 is 21.3 Å². The van der Waals surface area contributed by atoms with Crippen LogP contribution in [-0.2, 0) is 9.59 Å². The van der Waals surface area contributed by atoms with Crippen LogP contribution in [0.1, 0.15) is 24.0 Å².